The third-order valence-electron chi connectivity index (χ3n) is 7.70. The van der Waals surface area contributed by atoms with Gasteiger partial charge in [0.05, 0.1) is 7.11 Å². The summed E-state index contributed by atoms with van der Waals surface area (Å²) in [6.07, 6.45) is 15.2. The topological polar surface area (TPSA) is 9.23 Å². The van der Waals surface area contributed by atoms with Gasteiger partial charge in [0.2, 0.25) is 0 Å². The van der Waals surface area contributed by atoms with Gasteiger partial charge in [-0.3, -0.25) is 0 Å². The van der Waals surface area contributed by atoms with Crippen LogP contribution in [0.3, 0.4) is 0 Å². The number of hydrogen-bond donors (Lipinski definition) is 0. The standard InChI is InChI=1S/C29H38O/c1-4-5-22-6-8-23(9-7-22)24-10-12-26(13-11-24)29-19-16-27(20-21(29)2)25-14-17-28(30-3)18-15-25/h12,14-20,22-24H,4-11,13H2,1-3H3. The van der Waals surface area contributed by atoms with Crippen LogP contribution in [0.15, 0.2) is 48.5 Å². The molecule has 1 atom stereocenters. The maximum absolute atomic E-state index is 5.29. The minimum atomic E-state index is 0.910. The lowest BCUT2D eigenvalue weighted by atomic mass is 9.70. The van der Waals surface area contributed by atoms with Crippen molar-refractivity contribution in [3.8, 4) is 16.9 Å². The van der Waals surface area contributed by atoms with Gasteiger partial charge < -0.3 is 4.74 Å². The summed E-state index contributed by atoms with van der Waals surface area (Å²) in [5.74, 6) is 3.84. The van der Waals surface area contributed by atoms with Crippen LogP contribution in [0.2, 0.25) is 0 Å². The van der Waals surface area contributed by atoms with Crippen LogP contribution in [0.25, 0.3) is 16.7 Å². The highest BCUT2D eigenvalue weighted by atomic mass is 16.5. The minimum absolute atomic E-state index is 0.910. The Hall–Kier alpha value is -2.02. The van der Waals surface area contributed by atoms with E-state index in [4.69, 9.17) is 4.74 Å². The molecule has 0 saturated heterocycles. The maximum Gasteiger partial charge on any atom is 0.118 e. The maximum atomic E-state index is 5.29. The second-order valence-corrected chi connectivity index (χ2v) is 9.59. The normalized spacial score (nSPS) is 24.4. The van der Waals surface area contributed by atoms with E-state index in [2.05, 4.69) is 50.3 Å². The predicted octanol–water partition coefficient (Wildman–Crippen LogP) is 8.46. The minimum Gasteiger partial charge on any atom is -0.497 e. The first-order chi connectivity index (χ1) is 14.7. The van der Waals surface area contributed by atoms with Gasteiger partial charge in [0.15, 0.2) is 0 Å². The molecule has 2 aromatic rings. The molecule has 1 saturated carbocycles. The van der Waals surface area contributed by atoms with Crippen LogP contribution in [0, 0.1) is 24.7 Å². The molecule has 30 heavy (non-hydrogen) atoms. The fraction of sp³-hybridized carbons (Fsp3) is 0.517. The molecule has 160 valence electrons. The van der Waals surface area contributed by atoms with Crippen LogP contribution < -0.4 is 4.74 Å². The van der Waals surface area contributed by atoms with Crippen molar-refractivity contribution in [3.05, 3.63) is 59.7 Å². The molecule has 0 bridgehead atoms. The van der Waals surface area contributed by atoms with E-state index in [-0.39, 0.29) is 0 Å². The average molecular weight is 403 g/mol. The largest absolute Gasteiger partial charge is 0.497 e. The van der Waals surface area contributed by atoms with Crippen molar-refractivity contribution in [2.24, 2.45) is 17.8 Å². The number of allylic oxidation sites excluding steroid dienone is 2. The molecule has 1 fully saturated rings. The first-order valence-corrected chi connectivity index (χ1v) is 12.1. The van der Waals surface area contributed by atoms with Crippen molar-refractivity contribution in [2.45, 2.75) is 71.6 Å². The molecule has 1 unspecified atom stereocenters. The van der Waals surface area contributed by atoms with Crippen LogP contribution >= 0.6 is 0 Å². The number of aryl methyl sites for hydroxylation is 1. The molecular formula is C29H38O. The summed E-state index contributed by atoms with van der Waals surface area (Å²) < 4.78 is 5.29. The molecule has 2 aliphatic carbocycles. The van der Waals surface area contributed by atoms with Crippen molar-refractivity contribution in [1.82, 2.24) is 0 Å². The molecule has 2 aromatic carbocycles. The molecule has 0 spiro atoms. The third kappa shape index (κ3) is 4.82. The number of rotatable bonds is 6. The molecule has 0 heterocycles. The van der Waals surface area contributed by atoms with E-state index in [0.717, 1.165) is 23.5 Å². The highest BCUT2D eigenvalue weighted by Gasteiger charge is 2.28. The van der Waals surface area contributed by atoms with Gasteiger partial charge in [0.25, 0.3) is 0 Å². The van der Waals surface area contributed by atoms with E-state index in [1.54, 1.807) is 12.7 Å². The zero-order valence-corrected chi connectivity index (χ0v) is 19.1. The monoisotopic (exact) mass is 402 g/mol. The average Bonchev–Trinajstić information content (AvgIpc) is 2.80. The second-order valence-electron chi connectivity index (χ2n) is 9.59. The van der Waals surface area contributed by atoms with Crippen LogP contribution in [0.5, 0.6) is 5.75 Å². The highest BCUT2D eigenvalue weighted by molar-refractivity contribution is 5.73. The van der Waals surface area contributed by atoms with Crippen molar-refractivity contribution < 1.29 is 4.74 Å². The molecule has 0 aliphatic heterocycles. The van der Waals surface area contributed by atoms with E-state index in [1.807, 2.05) is 12.1 Å². The van der Waals surface area contributed by atoms with Gasteiger partial charge in [0, 0.05) is 0 Å². The molecular weight excluding hydrogens is 364 g/mol. The fourth-order valence-corrected chi connectivity index (χ4v) is 5.87. The fourth-order valence-electron chi connectivity index (χ4n) is 5.87. The Bertz CT molecular complexity index is 852. The Morgan fingerprint density at radius 1 is 0.867 bits per heavy atom. The Labute approximate surface area is 183 Å². The van der Waals surface area contributed by atoms with Crippen LogP contribution in [-0.4, -0.2) is 7.11 Å². The molecule has 1 nitrogen and oxygen atoms in total. The van der Waals surface area contributed by atoms with E-state index in [1.165, 1.54) is 80.0 Å². The molecule has 4 rings (SSSR count). The van der Waals surface area contributed by atoms with Crippen molar-refractivity contribution in [3.63, 3.8) is 0 Å². The first kappa shape index (κ1) is 21.2. The zero-order chi connectivity index (χ0) is 20.9. The summed E-state index contributed by atoms with van der Waals surface area (Å²) in [6.45, 7) is 4.61. The van der Waals surface area contributed by atoms with Gasteiger partial charge in [-0.2, -0.15) is 0 Å². The first-order valence-electron chi connectivity index (χ1n) is 12.1. The Morgan fingerprint density at radius 2 is 1.60 bits per heavy atom. The molecule has 0 N–H and O–H groups in total. The second kappa shape index (κ2) is 9.86. The van der Waals surface area contributed by atoms with Gasteiger partial charge in [0.1, 0.15) is 5.75 Å². The molecule has 0 radical (unpaired) electrons. The summed E-state index contributed by atoms with van der Waals surface area (Å²) in [5.41, 5.74) is 6.97. The molecule has 1 heteroatoms. The Kier molecular flexibility index (Phi) is 6.97. The van der Waals surface area contributed by atoms with E-state index in [9.17, 15) is 0 Å². The van der Waals surface area contributed by atoms with E-state index in [0.29, 0.717) is 0 Å². The number of methoxy groups -OCH3 is 1. The summed E-state index contributed by atoms with van der Waals surface area (Å²) in [4.78, 5) is 0. The summed E-state index contributed by atoms with van der Waals surface area (Å²) in [6, 6.07) is 15.3. The quantitative estimate of drug-likeness (QED) is 0.471. The number of ether oxygens (including phenoxy) is 1. The van der Waals surface area contributed by atoms with E-state index < -0.39 is 0 Å². The van der Waals surface area contributed by atoms with Crippen LogP contribution in [0.4, 0.5) is 0 Å². The summed E-state index contributed by atoms with van der Waals surface area (Å²) in [7, 11) is 1.72. The molecule has 0 amide bonds. The lowest BCUT2D eigenvalue weighted by molar-refractivity contribution is 0.189. The molecule has 2 aliphatic rings. The highest BCUT2D eigenvalue weighted by Crippen LogP contribution is 2.42. The Morgan fingerprint density at radius 3 is 2.20 bits per heavy atom. The van der Waals surface area contributed by atoms with E-state index >= 15 is 0 Å². The Balaban J connectivity index is 1.40. The van der Waals surface area contributed by atoms with Crippen LogP contribution in [-0.2, 0) is 0 Å². The lowest BCUT2D eigenvalue weighted by Gasteiger charge is -2.35. The predicted molar refractivity (Wildman–Crippen MR) is 129 cm³/mol. The van der Waals surface area contributed by atoms with Gasteiger partial charge in [-0.25, -0.2) is 0 Å². The van der Waals surface area contributed by atoms with Gasteiger partial charge >= 0.3 is 0 Å². The zero-order valence-electron chi connectivity index (χ0n) is 19.1. The number of benzene rings is 2. The van der Waals surface area contributed by atoms with Gasteiger partial charge in [-0.05, 0) is 96.7 Å². The van der Waals surface area contributed by atoms with Gasteiger partial charge in [-0.15, -0.1) is 0 Å². The van der Waals surface area contributed by atoms with Crippen molar-refractivity contribution in [1.29, 1.82) is 0 Å². The van der Waals surface area contributed by atoms with Gasteiger partial charge in [-0.1, -0.05) is 69.0 Å². The van der Waals surface area contributed by atoms with Crippen molar-refractivity contribution >= 4 is 5.57 Å². The van der Waals surface area contributed by atoms with Crippen LogP contribution in [0.1, 0.15) is 75.8 Å². The smallest absolute Gasteiger partial charge is 0.118 e. The third-order valence-corrected chi connectivity index (χ3v) is 7.70. The summed E-state index contributed by atoms with van der Waals surface area (Å²) in [5, 5.41) is 0. The van der Waals surface area contributed by atoms with Crippen molar-refractivity contribution in [2.75, 3.05) is 7.11 Å². The molecule has 0 aromatic heterocycles. The SMILES string of the molecule is CCCC1CCC(C2CC=C(c3ccc(-c4ccc(OC)cc4)cc3C)CC2)CC1. The summed E-state index contributed by atoms with van der Waals surface area (Å²) >= 11 is 0. The number of hydrogen-bond acceptors (Lipinski definition) is 1. The lowest BCUT2D eigenvalue weighted by Crippen LogP contribution is -2.23.